The molecule has 3 N–H and O–H groups in total. The molecule has 1 unspecified atom stereocenters. The number of nitrogens with zero attached hydrogens (tertiary/aromatic N) is 2. The van der Waals surface area contributed by atoms with Gasteiger partial charge >= 0.3 is 11.9 Å². The SMILES string of the molecule is CC1OC2(CCN(C)CC2)C/C1=N\O.COC.O=C(O)/C=C\C(=O)O. The lowest BCUT2D eigenvalue weighted by Crippen LogP contribution is -2.42. The van der Waals surface area contributed by atoms with E-state index < -0.39 is 11.9 Å². The van der Waals surface area contributed by atoms with Crippen molar-refractivity contribution in [2.45, 2.75) is 37.9 Å². The molecule has 0 bridgehead atoms. The normalized spacial score (nSPS) is 23.7. The second-order valence-electron chi connectivity index (χ2n) is 5.93. The topological polar surface area (TPSA) is 129 Å². The van der Waals surface area contributed by atoms with Gasteiger partial charge in [0.1, 0.15) is 0 Å². The molecule has 25 heavy (non-hydrogen) atoms. The third-order valence-electron chi connectivity index (χ3n) is 3.79. The largest absolute Gasteiger partial charge is 0.478 e. The minimum absolute atomic E-state index is 0.0107. The number of methoxy groups -OCH3 is 1. The smallest absolute Gasteiger partial charge is 0.328 e. The van der Waals surface area contributed by atoms with Crippen LogP contribution in [0.5, 0.6) is 0 Å². The zero-order chi connectivity index (χ0) is 19.5. The Labute approximate surface area is 147 Å². The molecule has 2 fully saturated rings. The number of aliphatic carboxylic acids is 2. The molecule has 2 heterocycles. The fraction of sp³-hybridized carbons (Fsp3) is 0.688. The summed E-state index contributed by atoms with van der Waals surface area (Å²) in [5.74, 6) is -2.51. The Morgan fingerprint density at radius 1 is 1.24 bits per heavy atom. The molecule has 9 nitrogen and oxygen atoms in total. The van der Waals surface area contributed by atoms with E-state index >= 15 is 0 Å². The van der Waals surface area contributed by atoms with E-state index in [1.807, 2.05) is 6.92 Å². The summed E-state index contributed by atoms with van der Waals surface area (Å²) in [5, 5.41) is 27.7. The van der Waals surface area contributed by atoms with Crippen molar-refractivity contribution < 1.29 is 34.5 Å². The minimum Gasteiger partial charge on any atom is -0.478 e. The van der Waals surface area contributed by atoms with Gasteiger partial charge in [0.15, 0.2) is 0 Å². The Kier molecular flexibility index (Phi) is 10.7. The van der Waals surface area contributed by atoms with Crippen molar-refractivity contribution in [1.82, 2.24) is 4.90 Å². The van der Waals surface area contributed by atoms with Gasteiger partial charge in [0.2, 0.25) is 0 Å². The maximum atomic E-state index is 9.55. The summed E-state index contributed by atoms with van der Waals surface area (Å²) < 4.78 is 10.2. The summed E-state index contributed by atoms with van der Waals surface area (Å²) in [6.45, 7) is 4.11. The van der Waals surface area contributed by atoms with Crippen LogP contribution in [-0.4, -0.2) is 84.0 Å². The zero-order valence-corrected chi connectivity index (χ0v) is 15.1. The van der Waals surface area contributed by atoms with Gasteiger partial charge in [-0.1, -0.05) is 5.16 Å². The van der Waals surface area contributed by atoms with Crippen molar-refractivity contribution in [3.05, 3.63) is 12.2 Å². The third-order valence-corrected chi connectivity index (χ3v) is 3.79. The highest BCUT2D eigenvalue weighted by atomic mass is 16.5. The molecule has 2 saturated heterocycles. The molecule has 144 valence electrons. The van der Waals surface area contributed by atoms with Crippen LogP contribution in [0.1, 0.15) is 26.2 Å². The average Bonchev–Trinajstić information content (AvgIpc) is 2.86. The van der Waals surface area contributed by atoms with Gasteiger partial charge in [0.25, 0.3) is 0 Å². The Bertz CT molecular complexity index is 467. The number of likely N-dealkylation sites (tertiary alicyclic amines) is 1. The summed E-state index contributed by atoms with van der Waals surface area (Å²) in [4.78, 5) is 21.4. The van der Waals surface area contributed by atoms with Crippen molar-refractivity contribution in [3.63, 3.8) is 0 Å². The molecule has 2 aliphatic rings. The number of carboxylic acid groups (broad SMARTS) is 2. The summed E-state index contributed by atoms with van der Waals surface area (Å²) >= 11 is 0. The predicted octanol–water partition coefficient (Wildman–Crippen LogP) is 1.06. The highest BCUT2D eigenvalue weighted by Crippen LogP contribution is 2.37. The molecule has 1 atom stereocenters. The number of piperidine rings is 1. The van der Waals surface area contributed by atoms with E-state index in [4.69, 9.17) is 20.2 Å². The van der Waals surface area contributed by atoms with Crippen LogP contribution in [0, 0.1) is 0 Å². The van der Waals surface area contributed by atoms with Gasteiger partial charge in [-0.3, -0.25) is 0 Å². The lowest BCUT2D eigenvalue weighted by atomic mass is 9.88. The van der Waals surface area contributed by atoms with Crippen LogP contribution in [0.2, 0.25) is 0 Å². The quantitative estimate of drug-likeness (QED) is 0.379. The van der Waals surface area contributed by atoms with E-state index in [9.17, 15) is 9.59 Å². The van der Waals surface area contributed by atoms with E-state index in [0.717, 1.165) is 38.1 Å². The fourth-order valence-electron chi connectivity index (χ4n) is 2.54. The molecule has 0 aliphatic carbocycles. The summed E-state index contributed by atoms with van der Waals surface area (Å²) in [6, 6.07) is 0. The monoisotopic (exact) mass is 360 g/mol. The molecule has 0 aromatic carbocycles. The molecule has 0 aromatic rings. The molecule has 9 heteroatoms. The van der Waals surface area contributed by atoms with E-state index in [2.05, 4.69) is 21.8 Å². The fourth-order valence-corrected chi connectivity index (χ4v) is 2.54. The molecule has 2 rings (SSSR count). The number of hydrogen-bond donors (Lipinski definition) is 3. The van der Waals surface area contributed by atoms with Crippen molar-refractivity contribution in [1.29, 1.82) is 0 Å². The van der Waals surface area contributed by atoms with Crippen molar-refractivity contribution >= 4 is 17.7 Å². The maximum absolute atomic E-state index is 9.55. The lowest BCUT2D eigenvalue weighted by molar-refractivity contribution is -0.134. The van der Waals surface area contributed by atoms with E-state index in [1.165, 1.54) is 0 Å². The Morgan fingerprint density at radius 3 is 2.00 bits per heavy atom. The van der Waals surface area contributed by atoms with Gasteiger partial charge in [-0.15, -0.1) is 0 Å². The number of ether oxygens (including phenoxy) is 2. The van der Waals surface area contributed by atoms with E-state index in [-0.39, 0.29) is 11.7 Å². The molecule has 1 spiro atoms. The van der Waals surface area contributed by atoms with Gasteiger partial charge in [-0.05, 0) is 26.8 Å². The van der Waals surface area contributed by atoms with Crippen LogP contribution in [-0.2, 0) is 19.1 Å². The Morgan fingerprint density at radius 2 is 1.68 bits per heavy atom. The van der Waals surface area contributed by atoms with Gasteiger partial charge in [0.05, 0.1) is 17.4 Å². The van der Waals surface area contributed by atoms with Crippen LogP contribution in [0.25, 0.3) is 0 Å². The van der Waals surface area contributed by atoms with Gasteiger partial charge in [0, 0.05) is 45.9 Å². The summed E-state index contributed by atoms with van der Waals surface area (Å²) in [7, 11) is 5.38. The van der Waals surface area contributed by atoms with Crippen LogP contribution in [0.4, 0.5) is 0 Å². The van der Waals surface area contributed by atoms with E-state index in [0.29, 0.717) is 12.2 Å². The van der Waals surface area contributed by atoms with Crippen LogP contribution in [0.3, 0.4) is 0 Å². The number of carbonyl (C=O) groups is 2. The predicted molar refractivity (Wildman–Crippen MR) is 91.2 cm³/mol. The molecule has 0 aromatic heterocycles. The molecular weight excluding hydrogens is 332 g/mol. The highest BCUT2D eigenvalue weighted by molar-refractivity contribution is 5.90. The number of carboxylic acids is 2. The summed E-state index contributed by atoms with van der Waals surface area (Å²) in [6.07, 6.45) is 4.01. The van der Waals surface area contributed by atoms with Crippen molar-refractivity contribution in [2.75, 3.05) is 34.4 Å². The number of oxime groups is 1. The van der Waals surface area contributed by atoms with Crippen molar-refractivity contribution in [3.8, 4) is 0 Å². The first-order chi connectivity index (χ1) is 11.7. The standard InChI is InChI=1S/C10H18N2O2.C4H4O4.C2H6O/c1-8-9(11-13)7-10(14-8)3-5-12(2)6-4-10;5-3(6)1-2-4(7)8;1-3-2/h8,13H,3-7H2,1-2H3;1-2H,(H,5,6)(H,7,8);1-2H3/b11-9+;2-1-;. The molecular formula is C16H28N2O7. The minimum atomic E-state index is -1.26. The number of hydrogen-bond acceptors (Lipinski definition) is 7. The molecule has 2 aliphatic heterocycles. The van der Waals surface area contributed by atoms with Crippen molar-refractivity contribution in [2.24, 2.45) is 5.16 Å². The molecule has 0 saturated carbocycles. The maximum Gasteiger partial charge on any atom is 0.328 e. The summed E-state index contributed by atoms with van der Waals surface area (Å²) in [5.41, 5.74) is 0.766. The zero-order valence-electron chi connectivity index (χ0n) is 15.1. The van der Waals surface area contributed by atoms with E-state index in [1.54, 1.807) is 14.2 Å². The second-order valence-corrected chi connectivity index (χ2v) is 5.93. The van der Waals surface area contributed by atoms with Crippen LogP contribution < -0.4 is 0 Å². The van der Waals surface area contributed by atoms with Gasteiger partial charge < -0.3 is 29.8 Å². The Balaban J connectivity index is 0.000000448. The second kappa shape index (κ2) is 11.6. The molecule has 0 amide bonds. The van der Waals surface area contributed by atoms with Gasteiger partial charge in [-0.25, -0.2) is 9.59 Å². The Hall–Kier alpha value is -1.97. The third kappa shape index (κ3) is 9.18. The van der Waals surface area contributed by atoms with Crippen LogP contribution in [0.15, 0.2) is 17.3 Å². The van der Waals surface area contributed by atoms with Gasteiger partial charge in [-0.2, -0.15) is 0 Å². The first kappa shape index (κ1) is 23.0. The van der Waals surface area contributed by atoms with Crippen LogP contribution >= 0.6 is 0 Å². The number of rotatable bonds is 2. The first-order valence-corrected chi connectivity index (χ1v) is 7.81. The molecule has 0 radical (unpaired) electrons. The first-order valence-electron chi connectivity index (χ1n) is 7.81. The lowest BCUT2D eigenvalue weighted by Gasteiger charge is -2.36. The highest BCUT2D eigenvalue weighted by Gasteiger charge is 2.44. The average molecular weight is 360 g/mol.